The first-order chi connectivity index (χ1) is 9.62. The summed E-state index contributed by atoms with van der Waals surface area (Å²) in [4.78, 5) is 13.3. The van der Waals surface area contributed by atoms with Crippen LogP contribution in [0.4, 0.5) is 4.79 Å². The van der Waals surface area contributed by atoms with E-state index in [2.05, 4.69) is 19.2 Å². The normalized spacial score (nSPS) is 18.4. The lowest BCUT2D eigenvalue weighted by molar-refractivity contribution is 0.0829. The van der Waals surface area contributed by atoms with Gasteiger partial charge in [-0.2, -0.15) is 0 Å². The van der Waals surface area contributed by atoms with Gasteiger partial charge in [0.2, 0.25) is 0 Å². The SMILES string of the molecule is CCOC(=O)N1CCC(NCC(O)C(CC)CC)CC1. The molecule has 118 valence electrons. The van der Waals surface area contributed by atoms with Gasteiger partial charge < -0.3 is 20.1 Å². The summed E-state index contributed by atoms with van der Waals surface area (Å²) in [6.45, 7) is 8.61. The van der Waals surface area contributed by atoms with Crippen molar-refractivity contribution in [2.75, 3.05) is 26.2 Å². The van der Waals surface area contributed by atoms with E-state index in [9.17, 15) is 9.90 Å². The summed E-state index contributed by atoms with van der Waals surface area (Å²) >= 11 is 0. The number of ether oxygens (including phenoxy) is 1. The molecule has 0 saturated carbocycles. The fourth-order valence-electron chi connectivity index (χ4n) is 2.77. The van der Waals surface area contributed by atoms with Crippen molar-refractivity contribution in [2.45, 2.75) is 58.6 Å². The molecule has 2 N–H and O–H groups in total. The van der Waals surface area contributed by atoms with E-state index in [1.807, 2.05) is 6.92 Å². The second-order valence-corrected chi connectivity index (χ2v) is 5.51. The number of nitrogens with zero attached hydrogens (tertiary/aromatic N) is 1. The van der Waals surface area contributed by atoms with Crippen LogP contribution in [0.25, 0.3) is 0 Å². The van der Waals surface area contributed by atoms with Gasteiger partial charge in [0.05, 0.1) is 12.7 Å². The predicted molar refractivity (Wildman–Crippen MR) is 79.7 cm³/mol. The van der Waals surface area contributed by atoms with Gasteiger partial charge in [0.25, 0.3) is 0 Å². The van der Waals surface area contributed by atoms with Gasteiger partial charge in [-0.05, 0) is 25.7 Å². The number of hydrogen-bond donors (Lipinski definition) is 2. The van der Waals surface area contributed by atoms with Crippen LogP contribution in [-0.2, 0) is 4.74 Å². The van der Waals surface area contributed by atoms with Gasteiger partial charge in [-0.3, -0.25) is 0 Å². The quantitative estimate of drug-likeness (QED) is 0.751. The first kappa shape index (κ1) is 17.2. The third-order valence-corrected chi connectivity index (χ3v) is 4.23. The molecule has 5 heteroatoms. The highest BCUT2D eigenvalue weighted by atomic mass is 16.6. The number of aliphatic hydroxyl groups excluding tert-OH is 1. The largest absolute Gasteiger partial charge is 0.450 e. The number of rotatable bonds is 7. The molecule has 1 rings (SSSR count). The molecule has 1 aliphatic heterocycles. The molecule has 1 amide bonds. The minimum Gasteiger partial charge on any atom is -0.450 e. The Hall–Kier alpha value is -0.810. The van der Waals surface area contributed by atoms with E-state index >= 15 is 0 Å². The zero-order valence-electron chi connectivity index (χ0n) is 13.1. The van der Waals surface area contributed by atoms with Gasteiger partial charge in [-0.1, -0.05) is 26.7 Å². The lowest BCUT2D eigenvalue weighted by Crippen LogP contribution is -2.47. The molecule has 20 heavy (non-hydrogen) atoms. The Morgan fingerprint density at radius 2 is 1.90 bits per heavy atom. The fourth-order valence-corrected chi connectivity index (χ4v) is 2.77. The summed E-state index contributed by atoms with van der Waals surface area (Å²) in [7, 11) is 0. The molecule has 1 aliphatic rings. The summed E-state index contributed by atoms with van der Waals surface area (Å²) in [5, 5.41) is 13.5. The Balaban J connectivity index is 2.24. The highest BCUT2D eigenvalue weighted by Crippen LogP contribution is 2.15. The summed E-state index contributed by atoms with van der Waals surface area (Å²) in [6, 6.07) is 0.393. The van der Waals surface area contributed by atoms with Crippen LogP contribution in [0.5, 0.6) is 0 Å². The molecule has 1 heterocycles. The molecular weight excluding hydrogens is 256 g/mol. The Morgan fingerprint density at radius 1 is 1.30 bits per heavy atom. The minimum absolute atomic E-state index is 0.206. The van der Waals surface area contributed by atoms with Crippen molar-refractivity contribution in [1.29, 1.82) is 0 Å². The molecule has 0 aromatic heterocycles. The van der Waals surface area contributed by atoms with Gasteiger partial charge in [-0.15, -0.1) is 0 Å². The predicted octanol–water partition coefficient (Wildman–Crippen LogP) is 1.99. The number of aliphatic hydroxyl groups is 1. The highest BCUT2D eigenvalue weighted by molar-refractivity contribution is 5.67. The average Bonchev–Trinajstić information content (AvgIpc) is 2.47. The molecule has 1 unspecified atom stereocenters. The smallest absolute Gasteiger partial charge is 0.409 e. The summed E-state index contributed by atoms with van der Waals surface area (Å²) in [5.41, 5.74) is 0. The van der Waals surface area contributed by atoms with Crippen LogP contribution in [0.3, 0.4) is 0 Å². The van der Waals surface area contributed by atoms with Gasteiger partial charge in [0, 0.05) is 25.7 Å². The Bertz CT molecular complexity index is 274. The van der Waals surface area contributed by atoms with E-state index in [0.29, 0.717) is 25.1 Å². The molecule has 1 saturated heterocycles. The van der Waals surface area contributed by atoms with E-state index in [4.69, 9.17) is 4.74 Å². The Kier molecular flexibility index (Phi) is 7.92. The standard InChI is InChI=1S/C15H30N2O3/c1-4-12(5-2)14(18)11-16-13-7-9-17(10-8-13)15(19)20-6-3/h12-14,16,18H,4-11H2,1-3H3. The van der Waals surface area contributed by atoms with Gasteiger partial charge in [-0.25, -0.2) is 4.79 Å². The molecule has 5 nitrogen and oxygen atoms in total. The molecular formula is C15H30N2O3. The van der Waals surface area contributed by atoms with Crippen LogP contribution in [0.15, 0.2) is 0 Å². The second-order valence-electron chi connectivity index (χ2n) is 5.51. The number of carbonyl (C=O) groups is 1. The van der Waals surface area contributed by atoms with Gasteiger partial charge in [0.15, 0.2) is 0 Å². The first-order valence-corrected chi connectivity index (χ1v) is 7.95. The van der Waals surface area contributed by atoms with Crippen molar-refractivity contribution in [1.82, 2.24) is 10.2 Å². The van der Waals surface area contributed by atoms with E-state index in [1.165, 1.54) is 0 Å². The van der Waals surface area contributed by atoms with Crippen LogP contribution in [0, 0.1) is 5.92 Å². The van der Waals surface area contributed by atoms with Crippen molar-refractivity contribution in [3.63, 3.8) is 0 Å². The highest BCUT2D eigenvalue weighted by Gasteiger charge is 2.24. The zero-order chi connectivity index (χ0) is 15.0. The van der Waals surface area contributed by atoms with E-state index in [1.54, 1.807) is 4.90 Å². The van der Waals surface area contributed by atoms with E-state index < -0.39 is 0 Å². The maximum atomic E-state index is 11.6. The maximum Gasteiger partial charge on any atom is 0.409 e. The Labute approximate surface area is 122 Å². The van der Waals surface area contributed by atoms with Crippen LogP contribution >= 0.6 is 0 Å². The number of piperidine rings is 1. The van der Waals surface area contributed by atoms with Crippen LogP contribution in [0.1, 0.15) is 46.5 Å². The molecule has 0 aromatic rings. The minimum atomic E-state index is -0.270. The van der Waals surface area contributed by atoms with E-state index in [-0.39, 0.29) is 12.2 Å². The molecule has 0 aromatic carbocycles. The summed E-state index contributed by atoms with van der Waals surface area (Å²) in [5.74, 6) is 0.377. The van der Waals surface area contributed by atoms with E-state index in [0.717, 1.165) is 38.8 Å². The molecule has 0 aliphatic carbocycles. The fraction of sp³-hybridized carbons (Fsp3) is 0.933. The Morgan fingerprint density at radius 3 is 2.40 bits per heavy atom. The third-order valence-electron chi connectivity index (χ3n) is 4.23. The zero-order valence-corrected chi connectivity index (χ0v) is 13.1. The van der Waals surface area contributed by atoms with Gasteiger partial charge in [0.1, 0.15) is 0 Å². The van der Waals surface area contributed by atoms with Crippen molar-refractivity contribution < 1.29 is 14.6 Å². The van der Waals surface area contributed by atoms with Crippen LogP contribution < -0.4 is 5.32 Å². The molecule has 0 bridgehead atoms. The molecule has 1 atom stereocenters. The van der Waals surface area contributed by atoms with Crippen molar-refractivity contribution in [3.05, 3.63) is 0 Å². The first-order valence-electron chi connectivity index (χ1n) is 7.95. The monoisotopic (exact) mass is 286 g/mol. The lowest BCUT2D eigenvalue weighted by Gasteiger charge is -2.32. The second kappa shape index (κ2) is 9.19. The van der Waals surface area contributed by atoms with Crippen LogP contribution in [-0.4, -0.2) is 54.5 Å². The topological polar surface area (TPSA) is 61.8 Å². The molecule has 1 fully saturated rings. The number of carbonyl (C=O) groups excluding carboxylic acids is 1. The molecule has 0 spiro atoms. The van der Waals surface area contributed by atoms with Crippen molar-refractivity contribution >= 4 is 6.09 Å². The summed E-state index contributed by atoms with van der Waals surface area (Å²) < 4.78 is 5.00. The summed E-state index contributed by atoms with van der Waals surface area (Å²) in [6.07, 6.45) is 3.40. The average molecular weight is 286 g/mol. The number of amides is 1. The third kappa shape index (κ3) is 5.29. The van der Waals surface area contributed by atoms with Gasteiger partial charge >= 0.3 is 6.09 Å². The number of hydrogen-bond acceptors (Lipinski definition) is 4. The van der Waals surface area contributed by atoms with Crippen molar-refractivity contribution in [3.8, 4) is 0 Å². The number of likely N-dealkylation sites (tertiary alicyclic amines) is 1. The van der Waals surface area contributed by atoms with Crippen molar-refractivity contribution in [2.24, 2.45) is 5.92 Å². The van der Waals surface area contributed by atoms with Crippen LogP contribution in [0.2, 0.25) is 0 Å². The molecule has 0 radical (unpaired) electrons. The number of nitrogens with one attached hydrogen (secondary N) is 1. The maximum absolute atomic E-state index is 11.6. The lowest BCUT2D eigenvalue weighted by atomic mass is 9.96.